The molecule has 1 amide bonds. The zero-order chi connectivity index (χ0) is 13.1. The average Bonchev–Trinajstić information content (AvgIpc) is 2.55. The molecular weight excluding hydrogens is 238 g/mol. The predicted molar refractivity (Wildman–Crippen MR) is 55.2 cm³/mol. The van der Waals surface area contributed by atoms with Crippen LogP contribution in [0.5, 0.6) is 0 Å². The Hall–Kier alpha value is -0.810. The van der Waals surface area contributed by atoms with Crippen LogP contribution in [0.2, 0.25) is 0 Å². The van der Waals surface area contributed by atoms with E-state index in [0.717, 1.165) is 30.6 Å². The molecular formula is C11H17F4NO. The molecule has 17 heavy (non-hydrogen) atoms. The van der Waals surface area contributed by atoms with Gasteiger partial charge in [0.05, 0.1) is 0 Å². The van der Waals surface area contributed by atoms with Crippen LogP contribution in [-0.2, 0) is 4.79 Å². The summed E-state index contributed by atoms with van der Waals surface area (Å²) in [7, 11) is 1.19. The molecule has 0 heterocycles. The van der Waals surface area contributed by atoms with Gasteiger partial charge < -0.3 is 4.90 Å². The van der Waals surface area contributed by atoms with E-state index in [9.17, 15) is 22.4 Å². The number of amides is 1. The van der Waals surface area contributed by atoms with Crippen LogP contribution >= 0.6 is 0 Å². The van der Waals surface area contributed by atoms with Gasteiger partial charge in [-0.3, -0.25) is 4.79 Å². The summed E-state index contributed by atoms with van der Waals surface area (Å²) in [5.41, 5.74) is 0. The Kier molecular flexibility index (Phi) is 4.77. The van der Waals surface area contributed by atoms with E-state index in [4.69, 9.17) is 0 Å². The molecule has 2 nitrogen and oxygen atoms in total. The van der Waals surface area contributed by atoms with Crippen LogP contribution in [0.25, 0.3) is 0 Å². The summed E-state index contributed by atoms with van der Waals surface area (Å²) >= 11 is 0. The van der Waals surface area contributed by atoms with Gasteiger partial charge in [0.25, 0.3) is 5.91 Å². The molecule has 1 saturated carbocycles. The second-order valence-electron chi connectivity index (χ2n) is 4.49. The fourth-order valence-corrected chi connectivity index (χ4v) is 2.14. The van der Waals surface area contributed by atoms with Gasteiger partial charge >= 0.3 is 12.3 Å². The molecule has 0 aliphatic heterocycles. The summed E-state index contributed by atoms with van der Waals surface area (Å²) in [5, 5.41) is 0. The number of hydrogen-bond acceptors (Lipinski definition) is 1. The Balaban J connectivity index is 2.67. The van der Waals surface area contributed by atoms with E-state index in [2.05, 4.69) is 0 Å². The first-order chi connectivity index (χ1) is 7.87. The first-order valence-electron chi connectivity index (χ1n) is 5.80. The average molecular weight is 255 g/mol. The predicted octanol–water partition coefficient (Wildman–Crippen LogP) is 3.07. The summed E-state index contributed by atoms with van der Waals surface area (Å²) in [6.45, 7) is 0. The largest absolute Gasteiger partial charge is 0.383 e. The number of halogens is 4. The highest BCUT2D eigenvalue weighted by molar-refractivity contribution is 5.84. The molecule has 100 valence electrons. The highest BCUT2D eigenvalue weighted by Gasteiger charge is 2.51. The van der Waals surface area contributed by atoms with Gasteiger partial charge in [-0.15, -0.1) is 0 Å². The molecule has 1 aliphatic carbocycles. The van der Waals surface area contributed by atoms with Crippen molar-refractivity contribution >= 4 is 5.91 Å². The highest BCUT2D eigenvalue weighted by atomic mass is 19.3. The fourth-order valence-electron chi connectivity index (χ4n) is 2.14. The Morgan fingerprint density at radius 2 is 1.65 bits per heavy atom. The molecule has 0 spiro atoms. The third-order valence-corrected chi connectivity index (χ3v) is 3.25. The number of carbonyl (C=O) groups is 1. The van der Waals surface area contributed by atoms with Crippen molar-refractivity contribution in [2.24, 2.45) is 0 Å². The Morgan fingerprint density at radius 3 is 2.06 bits per heavy atom. The molecule has 1 fully saturated rings. The van der Waals surface area contributed by atoms with E-state index < -0.39 is 18.3 Å². The van der Waals surface area contributed by atoms with Crippen LogP contribution in [0.3, 0.4) is 0 Å². The van der Waals surface area contributed by atoms with Gasteiger partial charge in [0, 0.05) is 13.1 Å². The quantitative estimate of drug-likeness (QED) is 0.560. The van der Waals surface area contributed by atoms with Crippen LogP contribution in [0.4, 0.5) is 17.6 Å². The van der Waals surface area contributed by atoms with Gasteiger partial charge in [0.1, 0.15) is 0 Å². The van der Waals surface area contributed by atoms with Gasteiger partial charge in [-0.2, -0.15) is 8.78 Å². The van der Waals surface area contributed by atoms with E-state index in [-0.39, 0.29) is 6.04 Å². The monoisotopic (exact) mass is 255 g/mol. The molecule has 0 radical (unpaired) electrons. The van der Waals surface area contributed by atoms with E-state index in [1.165, 1.54) is 7.05 Å². The van der Waals surface area contributed by atoms with Crippen molar-refractivity contribution in [1.82, 2.24) is 4.90 Å². The molecule has 0 saturated heterocycles. The standard InChI is InChI=1S/C11H17F4NO/c1-16(8-6-4-2-3-5-7-8)10(17)11(14,15)9(12)13/h8-9H,2-7H2,1H3. The van der Waals surface area contributed by atoms with E-state index in [1.54, 1.807) is 0 Å². The third-order valence-electron chi connectivity index (χ3n) is 3.25. The van der Waals surface area contributed by atoms with Crippen molar-refractivity contribution in [3.05, 3.63) is 0 Å². The summed E-state index contributed by atoms with van der Waals surface area (Å²) < 4.78 is 50.0. The molecule has 0 atom stereocenters. The molecule has 0 aromatic rings. The summed E-state index contributed by atoms with van der Waals surface area (Å²) in [5.74, 6) is -6.33. The summed E-state index contributed by atoms with van der Waals surface area (Å²) in [6, 6.07) is -0.338. The van der Waals surface area contributed by atoms with Gasteiger partial charge in [0.2, 0.25) is 0 Å². The smallest absolute Gasteiger partial charge is 0.337 e. The maximum absolute atomic E-state index is 12.9. The van der Waals surface area contributed by atoms with Crippen molar-refractivity contribution in [1.29, 1.82) is 0 Å². The Bertz CT molecular complexity index is 262. The zero-order valence-electron chi connectivity index (χ0n) is 9.76. The lowest BCUT2D eigenvalue weighted by Crippen LogP contribution is -2.49. The molecule has 1 aliphatic rings. The summed E-state index contributed by atoms with van der Waals surface area (Å²) in [6.07, 6.45) is 0.991. The molecule has 1 rings (SSSR count). The van der Waals surface area contributed by atoms with Crippen molar-refractivity contribution < 1.29 is 22.4 Å². The second-order valence-corrected chi connectivity index (χ2v) is 4.49. The van der Waals surface area contributed by atoms with Gasteiger partial charge in [-0.1, -0.05) is 25.7 Å². The van der Waals surface area contributed by atoms with Crippen LogP contribution in [0.15, 0.2) is 0 Å². The minimum absolute atomic E-state index is 0.338. The summed E-state index contributed by atoms with van der Waals surface area (Å²) in [4.78, 5) is 12.1. The second kappa shape index (κ2) is 5.69. The minimum atomic E-state index is -4.57. The highest BCUT2D eigenvalue weighted by Crippen LogP contribution is 2.28. The maximum Gasteiger partial charge on any atom is 0.383 e. The maximum atomic E-state index is 12.9. The van der Waals surface area contributed by atoms with Gasteiger partial charge in [0.15, 0.2) is 0 Å². The van der Waals surface area contributed by atoms with Gasteiger partial charge in [-0.25, -0.2) is 8.78 Å². The zero-order valence-corrected chi connectivity index (χ0v) is 9.76. The number of rotatable bonds is 3. The fraction of sp³-hybridized carbons (Fsp3) is 0.909. The number of nitrogens with zero attached hydrogens (tertiary/aromatic N) is 1. The SMILES string of the molecule is CN(C(=O)C(F)(F)C(F)F)C1CCCCCC1. The third kappa shape index (κ3) is 3.33. The first-order valence-corrected chi connectivity index (χ1v) is 5.80. The minimum Gasteiger partial charge on any atom is -0.337 e. The lowest BCUT2D eigenvalue weighted by atomic mass is 10.1. The molecule has 0 bridgehead atoms. The van der Waals surface area contributed by atoms with Crippen molar-refractivity contribution in [2.75, 3.05) is 7.05 Å². The Labute approximate surface area is 98.0 Å². The lowest BCUT2D eigenvalue weighted by molar-refractivity contribution is -0.181. The first kappa shape index (κ1) is 14.3. The lowest BCUT2D eigenvalue weighted by Gasteiger charge is -2.30. The normalized spacial score (nSPS) is 19.2. The van der Waals surface area contributed by atoms with Crippen LogP contribution in [0.1, 0.15) is 38.5 Å². The number of alkyl halides is 4. The van der Waals surface area contributed by atoms with E-state index in [1.807, 2.05) is 0 Å². The van der Waals surface area contributed by atoms with Crippen molar-refractivity contribution in [2.45, 2.75) is 56.9 Å². The molecule has 0 unspecified atom stereocenters. The van der Waals surface area contributed by atoms with E-state index in [0.29, 0.717) is 12.8 Å². The molecule has 0 aromatic carbocycles. The van der Waals surface area contributed by atoms with Crippen LogP contribution in [0, 0.1) is 0 Å². The number of hydrogen-bond donors (Lipinski definition) is 0. The Morgan fingerprint density at radius 1 is 1.18 bits per heavy atom. The van der Waals surface area contributed by atoms with E-state index >= 15 is 0 Å². The van der Waals surface area contributed by atoms with Crippen molar-refractivity contribution in [3.63, 3.8) is 0 Å². The molecule has 0 aromatic heterocycles. The van der Waals surface area contributed by atoms with Crippen LogP contribution in [-0.4, -0.2) is 36.2 Å². The van der Waals surface area contributed by atoms with Gasteiger partial charge in [-0.05, 0) is 12.8 Å². The van der Waals surface area contributed by atoms with Crippen LogP contribution < -0.4 is 0 Å². The molecule has 0 N–H and O–H groups in total. The number of carbonyl (C=O) groups excluding carboxylic acids is 1. The van der Waals surface area contributed by atoms with Crippen molar-refractivity contribution in [3.8, 4) is 0 Å². The molecule has 6 heteroatoms. The topological polar surface area (TPSA) is 20.3 Å².